The van der Waals surface area contributed by atoms with Gasteiger partial charge in [-0.3, -0.25) is 0 Å². The highest BCUT2D eigenvalue weighted by molar-refractivity contribution is 8.00. The van der Waals surface area contributed by atoms with Gasteiger partial charge in [-0.2, -0.15) is 16.9 Å². The third kappa shape index (κ3) is 2.60. The standard InChI is InChI=1S/C13H24N4S/c1-9(2)17-12(11(14)10(3)16-17)15-8-13(4)6-5-7-18-13/h9,15H,5-8,14H2,1-4H3. The van der Waals surface area contributed by atoms with Crippen LogP contribution in [0.4, 0.5) is 11.5 Å². The Balaban J connectivity index is 2.13. The lowest BCUT2D eigenvalue weighted by molar-refractivity contribution is 0.531. The van der Waals surface area contributed by atoms with E-state index in [1.54, 1.807) is 0 Å². The molecule has 2 rings (SSSR count). The second-order valence-corrected chi connectivity index (χ2v) is 7.32. The van der Waals surface area contributed by atoms with Crippen molar-refractivity contribution in [1.29, 1.82) is 0 Å². The molecule has 4 nitrogen and oxygen atoms in total. The van der Waals surface area contributed by atoms with E-state index in [9.17, 15) is 0 Å². The van der Waals surface area contributed by atoms with Crippen LogP contribution in [-0.2, 0) is 0 Å². The summed E-state index contributed by atoms with van der Waals surface area (Å²) in [5.41, 5.74) is 7.82. The van der Waals surface area contributed by atoms with Crippen LogP contribution in [0.5, 0.6) is 0 Å². The van der Waals surface area contributed by atoms with Crippen molar-refractivity contribution in [2.75, 3.05) is 23.3 Å². The van der Waals surface area contributed by atoms with Crippen LogP contribution in [0.2, 0.25) is 0 Å². The van der Waals surface area contributed by atoms with Crippen LogP contribution in [0.1, 0.15) is 45.3 Å². The molecule has 1 aliphatic heterocycles. The van der Waals surface area contributed by atoms with Crippen LogP contribution in [0.3, 0.4) is 0 Å². The maximum Gasteiger partial charge on any atom is 0.148 e. The van der Waals surface area contributed by atoms with Gasteiger partial charge in [0.15, 0.2) is 0 Å². The van der Waals surface area contributed by atoms with Crippen molar-refractivity contribution in [3.8, 4) is 0 Å². The molecule has 1 atom stereocenters. The quantitative estimate of drug-likeness (QED) is 0.881. The molecule has 0 saturated carbocycles. The molecule has 2 heterocycles. The van der Waals surface area contributed by atoms with Crippen LogP contribution in [0.15, 0.2) is 0 Å². The number of thioether (sulfide) groups is 1. The van der Waals surface area contributed by atoms with E-state index in [4.69, 9.17) is 5.73 Å². The zero-order valence-electron chi connectivity index (χ0n) is 11.8. The minimum atomic E-state index is 0.326. The van der Waals surface area contributed by atoms with Crippen LogP contribution < -0.4 is 11.1 Å². The third-order valence-electron chi connectivity index (χ3n) is 3.55. The molecule has 3 N–H and O–H groups in total. The first-order chi connectivity index (χ1) is 8.43. The molecule has 1 unspecified atom stereocenters. The first-order valence-electron chi connectivity index (χ1n) is 6.65. The molecular weight excluding hydrogens is 244 g/mol. The molecule has 0 aliphatic carbocycles. The van der Waals surface area contributed by atoms with E-state index in [0.717, 1.165) is 23.7 Å². The topological polar surface area (TPSA) is 55.9 Å². The van der Waals surface area contributed by atoms with E-state index in [2.05, 4.69) is 42.9 Å². The van der Waals surface area contributed by atoms with Gasteiger partial charge < -0.3 is 11.1 Å². The first kappa shape index (κ1) is 13.6. The number of nitrogen functional groups attached to an aromatic ring is 1. The fraction of sp³-hybridized carbons (Fsp3) is 0.769. The SMILES string of the molecule is Cc1nn(C(C)C)c(NCC2(C)CCCS2)c1N. The monoisotopic (exact) mass is 268 g/mol. The number of nitrogens with zero attached hydrogens (tertiary/aromatic N) is 2. The van der Waals surface area contributed by atoms with Gasteiger partial charge in [-0.15, -0.1) is 0 Å². The lowest BCUT2D eigenvalue weighted by Crippen LogP contribution is -2.28. The van der Waals surface area contributed by atoms with Crippen molar-refractivity contribution in [3.05, 3.63) is 5.69 Å². The second kappa shape index (κ2) is 5.03. The number of aromatic nitrogens is 2. The average molecular weight is 268 g/mol. The number of hydrogen-bond acceptors (Lipinski definition) is 4. The van der Waals surface area contributed by atoms with Gasteiger partial charge in [0.2, 0.25) is 0 Å². The number of rotatable bonds is 4. The Labute approximate surface area is 114 Å². The summed E-state index contributed by atoms with van der Waals surface area (Å²) in [7, 11) is 0. The van der Waals surface area contributed by atoms with Crippen molar-refractivity contribution in [1.82, 2.24) is 9.78 Å². The van der Waals surface area contributed by atoms with E-state index in [1.165, 1.54) is 18.6 Å². The van der Waals surface area contributed by atoms with Crippen LogP contribution in [0.25, 0.3) is 0 Å². The second-order valence-electron chi connectivity index (χ2n) is 5.64. The minimum Gasteiger partial charge on any atom is -0.394 e. The Hall–Kier alpha value is -0.840. The van der Waals surface area contributed by atoms with E-state index >= 15 is 0 Å². The molecule has 0 amide bonds. The Kier molecular flexibility index (Phi) is 3.80. The number of hydrogen-bond donors (Lipinski definition) is 2. The fourth-order valence-electron chi connectivity index (χ4n) is 2.36. The molecule has 1 fully saturated rings. The van der Waals surface area contributed by atoms with E-state index < -0.39 is 0 Å². The van der Waals surface area contributed by atoms with Crippen molar-refractivity contribution < 1.29 is 0 Å². The maximum absolute atomic E-state index is 6.12. The zero-order chi connectivity index (χ0) is 13.3. The molecule has 0 radical (unpaired) electrons. The highest BCUT2D eigenvalue weighted by atomic mass is 32.2. The summed E-state index contributed by atoms with van der Waals surface area (Å²) in [5.74, 6) is 2.26. The van der Waals surface area contributed by atoms with E-state index in [-0.39, 0.29) is 0 Å². The molecule has 0 spiro atoms. The van der Waals surface area contributed by atoms with Gasteiger partial charge in [0, 0.05) is 17.3 Å². The third-order valence-corrected chi connectivity index (χ3v) is 5.09. The first-order valence-corrected chi connectivity index (χ1v) is 7.64. The van der Waals surface area contributed by atoms with Crippen molar-refractivity contribution in [2.45, 2.75) is 51.3 Å². The number of anilines is 2. The number of nitrogens with two attached hydrogens (primary N) is 1. The van der Waals surface area contributed by atoms with Crippen LogP contribution >= 0.6 is 11.8 Å². The molecule has 102 valence electrons. The summed E-state index contributed by atoms with van der Waals surface area (Å²) in [6.07, 6.45) is 2.60. The summed E-state index contributed by atoms with van der Waals surface area (Å²) in [4.78, 5) is 0. The summed E-state index contributed by atoms with van der Waals surface area (Å²) in [5, 5.41) is 8.02. The molecule has 1 aromatic heterocycles. The van der Waals surface area contributed by atoms with Crippen LogP contribution in [-0.4, -0.2) is 26.8 Å². The summed E-state index contributed by atoms with van der Waals surface area (Å²) in [6.45, 7) is 9.51. The van der Waals surface area contributed by atoms with E-state index in [1.807, 2.05) is 11.6 Å². The van der Waals surface area contributed by atoms with E-state index in [0.29, 0.717) is 10.8 Å². The molecule has 0 bridgehead atoms. The smallest absolute Gasteiger partial charge is 0.148 e. The van der Waals surface area contributed by atoms with Crippen molar-refractivity contribution in [2.24, 2.45) is 0 Å². The molecule has 18 heavy (non-hydrogen) atoms. The van der Waals surface area contributed by atoms with Gasteiger partial charge in [-0.05, 0) is 46.3 Å². The van der Waals surface area contributed by atoms with Crippen LogP contribution in [0, 0.1) is 6.92 Å². The predicted octanol–water partition coefficient (Wildman–Crippen LogP) is 3.05. The summed E-state index contributed by atoms with van der Waals surface area (Å²) >= 11 is 2.06. The Morgan fingerprint density at radius 2 is 2.28 bits per heavy atom. The van der Waals surface area contributed by atoms with Gasteiger partial charge in [-0.25, -0.2) is 4.68 Å². The van der Waals surface area contributed by atoms with Crippen molar-refractivity contribution >= 4 is 23.3 Å². The minimum absolute atomic E-state index is 0.326. The predicted molar refractivity (Wildman–Crippen MR) is 80.3 cm³/mol. The molecule has 1 saturated heterocycles. The lowest BCUT2D eigenvalue weighted by Gasteiger charge is -2.24. The van der Waals surface area contributed by atoms with Gasteiger partial charge in [0.25, 0.3) is 0 Å². The molecule has 0 aromatic carbocycles. The largest absolute Gasteiger partial charge is 0.394 e. The highest BCUT2D eigenvalue weighted by Gasteiger charge is 2.30. The normalized spacial score (nSPS) is 23.8. The molecule has 1 aliphatic rings. The highest BCUT2D eigenvalue weighted by Crippen LogP contribution is 2.38. The molecular formula is C13H24N4S. The van der Waals surface area contributed by atoms with Gasteiger partial charge in [-0.1, -0.05) is 0 Å². The Bertz CT molecular complexity index is 419. The summed E-state index contributed by atoms with van der Waals surface area (Å²) < 4.78 is 2.33. The molecule has 5 heteroatoms. The zero-order valence-corrected chi connectivity index (χ0v) is 12.6. The fourth-order valence-corrected chi connectivity index (χ4v) is 3.60. The van der Waals surface area contributed by atoms with Gasteiger partial charge in [0.1, 0.15) is 5.82 Å². The number of nitrogens with one attached hydrogen (secondary N) is 1. The average Bonchev–Trinajstić information content (AvgIpc) is 2.84. The van der Waals surface area contributed by atoms with Crippen molar-refractivity contribution in [3.63, 3.8) is 0 Å². The Morgan fingerprint density at radius 1 is 1.56 bits per heavy atom. The van der Waals surface area contributed by atoms with Gasteiger partial charge >= 0.3 is 0 Å². The summed E-state index contributed by atoms with van der Waals surface area (Å²) in [6, 6.07) is 0.326. The number of aryl methyl sites for hydroxylation is 1. The van der Waals surface area contributed by atoms with Gasteiger partial charge in [0.05, 0.1) is 11.4 Å². The maximum atomic E-state index is 6.12. The lowest BCUT2D eigenvalue weighted by atomic mass is 10.1. The Morgan fingerprint density at radius 3 is 2.83 bits per heavy atom. The molecule has 1 aromatic rings.